The summed E-state index contributed by atoms with van der Waals surface area (Å²) in [5.74, 6) is 0.00802. The number of piperidine rings is 2. The van der Waals surface area contributed by atoms with Gasteiger partial charge in [-0.3, -0.25) is 18.9 Å². The summed E-state index contributed by atoms with van der Waals surface area (Å²) in [5, 5.41) is 6.42. The highest BCUT2D eigenvalue weighted by Gasteiger charge is 2.47. The van der Waals surface area contributed by atoms with Crippen LogP contribution in [0.15, 0.2) is 54.6 Å². The lowest BCUT2D eigenvalue weighted by Crippen LogP contribution is -2.55. The molecule has 11 heteroatoms. The maximum absolute atomic E-state index is 13.7. The first-order valence-corrected chi connectivity index (χ1v) is 16.9. The molecule has 0 aliphatic carbocycles. The van der Waals surface area contributed by atoms with Gasteiger partial charge in [0.25, 0.3) is 10.1 Å². The molecule has 0 bridgehead atoms. The fourth-order valence-corrected chi connectivity index (χ4v) is 6.24. The molecule has 3 aliphatic rings. The molecule has 5 rings (SSSR count). The predicted molar refractivity (Wildman–Crippen MR) is 166 cm³/mol. The Morgan fingerprint density at radius 2 is 1.67 bits per heavy atom. The Labute approximate surface area is 255 Å². The summed E-state index contributed by atoms with van der Waals surface area (Å²) in [6.07, 6.45) is 5.30. The molecule has 0 saturated carbocycles. The number of anilines is 1. The zero-order valence-corrected chi connectivity index (χ0v) is 26.1. The van der Waals surface area contributed by atoms with Crippen LogP contribution in [0.2, 0.25) is 0 Å². The monoisotopic (exact) mass is 612 g/mol. The Morgan fingerprint density at radius 3 is 2.30 bits per heavy atom. The second-order valence-electron chi connectivity index (χ2n) is 12.2. The number of nitrogens with one attached hydrogen (secondary N) is 2. The minimum absolute atomic E-state index is 0.00928. The summed E-state index contributed by atoms with van der Waals surface area (Å²) >= 11 is 0. The van der Waals surface area contributed by atoms with Gasteiger partial charge in [-0.15, -0.1) is 0 Å². The number of rotatable bonds is 7. The molecule has 2 aromatic carbocycles. The Bertz CT molecular complexity index is 1380. The number of carbonyl (C=O) groups is 3. The van der Waals surface area contributed by atoms with Crippen LogP contribution >= 0.6 is 0 Å². The van der Waals surface area contributed by atoms with Gasteiger partial charge < -0.3 is 20.4 Å². The zero-order valence-electron chi connectivity index (χ0n) is 25.3. The van der Waals surface area contributed by atoms with Crippen molar-refractivity contribution in [2.75, 3.05) is 37.3 Å². The van der Waals surface area contributed by atoms with Crippen molar-refractivity contribution in [3.63, 3.8) is 0 Å². The number of hydrogen-bond acceptors (Lipinski definition) is 6. The molecule has 3 aliphatic heterocycles. The van der Waals surface area contributed by atoms with Crippen molar-refractivity contribution in [2.24, 2.45) is 5.92 Å². The topological polar surface area (TPSA) is 136 Å². The number of likely N-dealkylation sites (tertiary alicyclic amines) is 1. The van der Waals surface area contributed by atoms with Crippen LogP contribution in [0.3, 0.4) is 0 Å². The lowest BCUT2D eigenvalue weighted by atomic mass is 9.86. The van der Waals surface area contributed by atoms with Crippen LogP contribution in [-0.4, -0.2) is 80.1 Å². The van der Waals surface area contributed by atoms with Crippen LogP contribution in [0.1, 0.15) is 57.1 Å². The van der Waals surface area contributed by atoms with E-state index in [2.05, 4.69) is 22.8 Å². The van der Waals surface area contributed by atoms with Gasteiger partial charge in [0, 0.05) is 31.4 Å². The normalized spacial score (nSPS) is 20.9. The Hall–Kier alpha value is -3.28. The van der Waals surface area contributed by atoms with E-state index in [9.17, 15) is 22.8 Å². The standard InChI is InChI=1S/C31H40N4O3.CH4O3S/c1-31(2)25-12-6-7-13-27(25)35(30(31)38)24-16-19-34(20-17-24)29(37)26(15-14-22-9-4-3-5-10-22)33-28(36)23-11-8-18-32-21-23;1-5(2,3)4/h3-7,9-10,12-13,23-24,26,32H,8,11,14-21H2,1-2H3,(H,33,36);1H3,(H,2,3,4)/t23-,26+;/m1./s1. The summed E-state index contributed by atoms with van der Waals surface area (Å²) in [6.45, 7) is 6.76. The second-order valence-corrected chi connectivity index (χ2v) is 13.7. The Balaban J connectivity index is 0.000000782. The number of nitrogens with zero attached hydrogens (tertiary/aromatic N) is 2. The number of hydrogen-bond donors (Lipinski definition) is 3. The van der Waals surface area contributed by atoms with Crippen LogP contribution in [-0.2, 0) is 36.3 Å². The molecule has 0 aromatic heterocycles. The van der Waals surface area contributed by atoms with Gasteiger partial charge >= 0.3 is 0 Å². The maximum Gasteiger partial charge on any atom is 0.261 e. The van der Waals surface area contributed by atoms with E-state index in [1.54, 1.807) is 0 Å². The van der Waals surface area contributed by atoms with Crippen molar-refractivity contribution in [3.05, 3.63) is 65.7 Å². The van der Waals surface area contributed by atoms with Gasteiger partial charge in [-0.2, -0.15) is 8.42 Å². The highest BCUT2D eigenvalue weighted by atomic mass is 32.2. The van der Waals surface area contributed by atoms with Crippen molar-refractivity contribution in [1.29, 1.82) is 0 Å². The number of benzene rings is 2. The Kier molecular flexibility index (Phi) is 10.6. The molecule has 2 atom stereocenters. The summed E-state index contributed by atoms with van der Waals surface area (Å²) in [5.41, 5.74) is 2.70. The summed E-state index contributed by atoms with van der Waals surface area (Å²) in [7, 11) is -3.67. The minimum Gasteiger partial charge on any atom is -0.344 e. The molecule has 0 unspecified atom stereocenters. The van der Waals surface area contributed by atoms with E-state index in [1.165, 1.54) is 0 Å². The molecular formula is C32H44N4O6S. The predicted octanol–water partition coefficient (Wildman–Crippen LogP) is 2.92. The number of amides is 3. The van der Waals surface area contributed by atoms with Gasteiger partial charge in [-0.1, -0.05) is 48.5 Å². The van der Waals surface area contributed by atoms with Gasteiger partial charge in [0.1, 0.15) is 6.04 Å². The molecular weight excluding hydrogens is 568 g/mol. The van der Waals surface area contributed by atoms with E-state index < -0.39 is 21.6 Å². The zero-order chi connectivity index (χ0) is 31.2. The summed E-state index contributed by atoms with van der Waals surface area (Å²) in [6, 6.07) is 17.7. The van der Waals surface area contributed by atoms with E-state index in [0.29, 0.717) is 32.3 Å². The van der Waals surface area contributed by atoms with E-state index >= 15 is 0 Å². The molecule has 3 N–H and O–H groups in total. The molecule has 3 amide bonds. The molecule has 43 heavy (non-hydrogen) atoms. The highest BCUT2D eigenvalue weighted by molar-refractivity contribution is 7.85. The first kappa shape index (κ1) is 32.6. The third kappa shape index (κ3) is 8.43. The average Bonchev–Trinajstić information content (AvgIpc) is 3.19. The van der Waals surface area contributed by atoms with Gasteiger partial charge in [-0.25, -0.2) is 0 Å². The lowest BCUT2D eigenvalue weighted by molar-refractivity contribution is -0.138. The van der Waals surface area contributed by atoms with Gasteiger partial charge in [0.15, 0.2) is 0 Å². The van der Waals surface area contributed by atoms with Gasteiger partial charge in [0.2, 0.25) is 17.7 Å². The van der Waals surface area contributed by atoms with E-state index in [1.807, 2.05) is 66.1 Å². The van der Waals surface area contributed by atoms with Crippen LogP contribution in [0, 0.1) is 5.92 Å². The molecule has 2 fully saturated rings. The Morgan fingerprint density at radius 1 is 1.05 bits per heavy atom. The summed E-state index contributed by atoms with van der Waals surface area (Å²) in [4.78, 5) is 44.1. The first-order chi connectivity index (χ1) is 20.4. The maximum atomic E-state index is 13.7. The number of carbonyl (C=O) groups excluding carboxylic acids is 3. The van der Waals surface area contributed by atoms with Crippen molar-refractivity contribution < 1.29 is 27.4 Å². The van der Waals surface area contributed by atoms with E-state index in [4.69, 9.17) is 4.55 Å². The third-order valence-corrected chi connectivity index (χ3v) is 8.58. The summed E-state index contributed by atoms with van der Waals surface area (Å²) < 4.78 is 25.9. The minimum atomic E-state index is -3.67. The third-order valence-electron chi connectivity index (χ3n) is 8.58. The van der Waals surface area contributed by atoms with Crippen molar-refractivity contribution in [1.82, 2.24) is 15.5 Å². The van der Waals surface area contributed by atoms with Crippen molar-refractivity contribution in [3.8, 4) is 0 Å². The molecule has 2 aromatic rings. The number of fused-ring (bicyclic) bond motifs is 1. The van der Waals surface area contributed by atoms with Crippen molar-refractivity contribution >= 4 is 33.5 Å². The van der Waals surface area contributed by atoms with Crippen LogP contribution in [0.4, 0.5) is 5.69 Å². The van der Waals surface area contributed by atoms with E-state index in [-0.39, 0.29) is 29.7 Å². The van der Waals surface area contributed by atoms with Crippen LogP contribution in [0.5, 0.6) is 0 Å². The fourth-order valence-electron chi connectivity index (χ4n) is 6.24. The van der Waals surface area contributed by atoms with Crippen molar-refractivity contribution in [2.45, 2.75) is 69.9 Å². The molecule has 0 radical (unpaired) electrons. The average molecular weight is 613 g/mol. The SMILES string of the molecule is CC1(C)C(=O)N(C2CCN(C(=O)[C@H](CCc3ccccc3)NC(=O)[C@@H]3CCCNC3)CC2)c2ccccc21.CS(=O)(=O)O. The van der Waals surface area contributed by atoms with Crippen LogP contribution < -0.4 is 15.5 Å². The quantitative estimate of drug-likeness (QED) is 0.409. The van der Waals surface area contributed by atoms with Gasteiger partial charge in [0.05, 0.1) is 17.6 Å². The largest absolute Gasteiger partial charge is 0.344 e. The first-order valence-electron chi connectivity index (χ1n) is 15.1. The molecule has 0 spiro atoms. The second kappa shape index (κ2) is 14.0. The number of para-hydroxylation sites is 1. The van der Waals surface area contributed by atoms with Crippen LogP contribution in [0.25, 0.3) is 0 Å². The highest BCUT2D eigenvalue weighted by Crippen LogP contribution is 2.43. The molecule has 3 heterocycles. The molecule has 234 valence electrons. The molecule has 10 nitrogen and oxygen atoms in total. The fraction of sp³-hybridized carbons (Fsp3) is 0.531. The van der Waals surface area contributed by atoms with E-state index in [0.717, 1.165) is 55.5 Å². The smallest absolute Gasteiger partial charge is 0.261 e. The molecule has 2 saturated heterocycles. The van der Waals surface area contributed by atoms with Gasteiger partial charge in [-0.05, 0) is 76.1 Å². The lowest BCUT2D eigenvalue weighted by Gasteiger charge is -2.39. The number of aryl methyl sites for hydroxylation is 1.